The molecule has 0 atom stereocenters. The van der Waals surface area contributed by atoms with Crippen LogP contribution in [0, 0.1) is 0 Å². The fraction of sp³-hybridized carbons (Fsp3) is 0. The van der Waals surface area contributed by atoms with Gasteiger partial charge in [-0.1, -0.05) is 140 Å². The second-order valence-electron chi connectivity index (χ2n) is 14.6. The van der Waals surface area contributed by atoms with Crippen molar-refractivity contribution in [2.75, 3.05) is 0 Å². The van der Waals surface area contributed by atoms with Crippen LogP contribution in [0.3, 0.4) is 0 Å². The number of thiophene rings is 1. The molecule has 0 fully saturated rings. The molecule has 0 saturated heterocycles. The van der Waals surface area contributed by atoms with Gasteiger partial charge in [-0.05, 0) is 86.6 Å². The fourth-order valence-corrected chi connectivity index (χ4v) is 9.83. The van der Waals surface area contributed by atoms with Crippen LogP contribution in [0.25, 0.3) is 114 Å². The Morgan fingerprint density at radius 2 is 1.05 bits per heavy atom. The largest absolute Gasteiger partial charge is 0.309 e. The molecule has 0 unspecified atom stereocenters. The smallest absolute Gasteiger partial charge is 0.161 e. The lowest BCUT2D eigenvalue weighted by molar-refractivity contribution is 1.19. The van der Waals surface area contributed by atoms with Crippen LogP contribution in [0.2, 0.25) is 0 Å². The predicted octanol–water partition coefficient (Wildman–Crippen LogP) is 14.4. The van der Waals surface area contributed by atoms with Gasteiger partial charge in [0.1, 0.15) is 0 Å². The maximum absolute atomic E-state index is 5.47. The third kappa shape index (κ3) is 4.76. The molecule has 260 valence electrons. The standard InChI is InChI=1S/C52H31N3S/c1-2-13-33(14-3-1)49-51-50(44-30-38(24-27-48(44)56-51)37-23-22-32-12-4-5-15-34(32)28-37)54-52(53-49)42-25-26-46(40-19-9-8-18-39(40)42)55-45-21-11-10-20-41(45)43-29-35-16-6-7-17-36(35)31-47(43)55/h1-31H. The molecule has 3 aromatic heterocycles. The molecule has 12 aromatic rings. The van der Waals surface area contributed by atoms with E-state index in [0.29, 0.717) is 0 Å². The molecular formula is C52H31N3S. The van der Waals surface area contributed by atoms with E-state index < -0.39 is 0 Å². The minimum atomic E-state index is 0.725. The SMILES string of the molecule is c1ccc(-c2nc(-c3ccc(-n4c5ccccc5c5cc6ccccc6cc54)c4ccccc34)nc3c2sc2ccc(-c4ccc5ccccc5c4)cc23)cc1. The molecule has 3 heterocycles. The fourth-order valence-electron chi connectivity index (χ4n) is 8.69. The van der Waals surface area contributed by atoms with Gasteiger partial charge in [-0.25, -0.2) is 9.97 Å². The number of hydrogen-bond acceptors (Lipinski definition) is 3. The molecule has 0 saturated carbocycles. The van der Waals surface area contributed by atoms with Crippen molar-refractivity contribution in [3.8, 4) is 39.5 Å². The van der Waals surface area contributed by atoms with Crippen LogP contribution >= 0.6 is 11.3 Å². The van der Waals surface area contributed by atoms with Crippen LogP contribution in [0.4, 0.5) is 0 Å². The van der Waals surface area contributed by atoms with Crippen LogP contribution < -0.4 is 0 Å². The van der Waals surface area contributed by atoms with Gasteiger partial charge >= 0.3 is 0 Å². The van der Waals surface area contributed by atoms with E-state index in [4.69, 9.17) is 9.97 Å². The zero-order valence-corrected chi connectivity index (χ0v) is 31.0. The molecule has 0 aliphatic carbocycles. The van der Waals surface area contributed by atoms with E-state index >= 15 is 0 Å². The third-order valence-electron chi connectivity index (χ3n) is 11.4. The second-order valence-corrected chi connectivity index (χ2v) is 15.6. The summed E-state index contributed by atoms with van der Waals surface area (Å²) in [4.78, 5) is 10.9. The Balaban J connectivity index is 1.10. The van der Waals surface area contributed by atoms with E-state index in [0.717, 1.165) is 54.7 Å². The highest BCUT2D eigenvalue weighted by Crippen LogP contribution is 2.43. The number of hydrogen-bond donors (Lipinski definition) is 0. The average molecular weight is 730 g/mol. The first-order chi connectivity index (χ1) is 27.7. The molecule has 0 amide bonds. The van der Waals surface area contributed by atoms with Crippen molar-refractivity contribution in [3.63, 3.8) is 0 Å². The predicted molar refractivity (Wildman–Crippen MR) is 238 cm³/mol. The number of rotatable bonds is 4. The van der Waals surface area contributed by atoms with Crippen LogP contribution in [0.5, 0.6) is 0 Å². The van der Waals surface area contributed by atoms with Crippen molar-refractivity contribution in [2.24, 2.45) is 0 Å². The van der Waals surface area contributed by atoms with Crippen molar-refractivity contribution in [1.29, 1.82) is 0 Å². The molecule has 0 aliphatic heterocycles. The topological polar surface area (TPSA) is 30.7 Å². The summed E-state index contributed by atoms with van der Waals surface area (Å²) in [6, 6.07) is 67.9. The van der Waals surface area contributed by atoms with E-state index in [1.165, 1.54) is 59.2 Å². The molecule has 3 nitrogen and oxygen atoms in total. The Morgan fingerprint density at radius 1 is 0.393 bits per heavy atom. The molecule has 9 aromatic carbocycles. The van der Waals surface area contributed by atoms with Crippen LogP contribution in [0.1, 0.15) is 0 Å². The van der Waals surface area contributed by atoms with Crippen LogP contribution in [-0.4, -0.2) is 14.5 Å². The molecule has 4 heteroatoms. The van der Waals surface area contributed by atoms with Gasteiger partial charge in [0.05, 0.1) is 32.6 Å². The first-order valence-corrected chi connectivity index (χ1v) is 19.8. The average Bonchev–Trinajstić information content (AvgIpc) is 3.79. The molecule has 0 bridgehead atoms. The number of nitrogens with zero attached hydrogens (tertiary/aromatic N) is 3. The Labute approximate surface area is 326 Å². The highest BCUT2D eigenvalue weighted by atomic mass is 32.1. The monoisotopic (exact) mass is 729 g/mol. The van der Waals surface area contributed by atoms with Gasteiger partial charge in [0.25, 0.3) is 0 Å². The first kappa shape index (κ1) is 31.2. The van der Waals surface area contributed by atoms with Crippen molar-refractivity contribution >= 4 is 85.8 Å². The summed E-state index contributed by atoms with van der Waals surface area (Å²) in [5.74, 6) is 0.725. The van der Waals surface area contributed by atoms with Gasteiger partial charge < -0.3 is 4.57 Å². The van der Waals surface area contributed by atoms with E-state index in [9.17, 15) is 0 Å². The Morgan fingerprint density at radius 3 is 1.89 bits per heavy atom. The van der Waals surface area contributed by atoms with Crippen LogP contribution in [-0.2, 0) is 0 Å². The number of para-hydroxylation sites is 1. The molecule has 56 heavy (non-hydrogen) atoms. The lowest BCUT2D eigenvalue weighted by Gasteiger charge is -2.15. The van der Waals surface area contributed by atoms with Crippen molar-refractivity contribution < 1.29 is 0 Å². The Hall–Kier alpha value is -7.14. The maximum Gasteiger partial charge on any atom is 0.161 e. The second kappa shape index (κ2) is 12.2. The summed E-state index contributed by atoms with van der Waals surface area (Å²) in [5, 5.41) is 10.9. The number of benzene rings is 9. The van der Waals surface area contributed by atoms with E-state index in [2.05, 4.69) is 193 Å². The molecule has 0 N–H and O–H groups in total. The summed E-state index contributed by atoms with van der Waals surface area (Å²) in [5.41, 5.74) is 9.93. The number of aromatic nitrogens is 3. The minimum absolute atomic E-state index is 0.725. The molecule has 0 spiro atoms. The summed E-state index contributed by atoms with van der Waals surface area (Å²) >= 11 is 1.77. The third-order valence-corrected chi connectivity index (χ3v) is 12.5. The quantitative estimate of drug-likeness (QED) is 0.181. The summed E-state index contributed by atoms with van der Waals surface area (Å²) in [6.07, 6.45) is 0. The normalized spacial score (nSPS) is 11.9. The first-order valence-electron chi connectivity index (χ1n) is 19.0. The maximum atomic E-state index is 5.47. The lowest BCUT2D eigenvalue weighted by Crippen LogP contribution is -1.98. The molecule has 0 aliphatic rings. The minimum Gasteiger partial charge on any atom is -0.309 e. The van der Waals surface area contributed by atoms with Gasteiger partial charge in [-0.3, -0.25) is 0 Å². The Kier molecular flexibility index (Phi) is 6.80. The number of fused-ring (bicyclic) bond motifs is 9. The summed E-state index contributed by atoms with van der Waals surface area (Å²) in [6.45, 7) is 0. The van der Waals surface area contributed by atoms with Gasteiger partial charge in [0, 0.05) is 37.4 Å². The molecule has 12 rings (SSSR count). The van der Waals surface area contributed by atoms with E-state index in [1.54, 1.807) is 11.3 Å². The molecule has 0 radical (unpaired) electrons. The van der Waals surface area contributed by atoms with Crippen molar-refractivity contribution in [3.05, 3.63) is 188 Å². The van der Waals surface area contributed by atoms with Gasteiger partial charge in [0.15, 0.2) is 5.82 Å². The van der Waals surface area contributed by atoms with Gasteiger partial charge in [-0.2, -0.15) is 0 Å². The van der Waals surface area contributed by atoms with Crippen LogP contribution in [0.15, 0.2) is 188 Å². The highest BCUT2D eigenvalue weighted by Gasteiger charge is 2.21. The summed E-state index contributed by atoms with van der Waals surface area (Å²) < 4.78 is 4.74. The Bertz CT molecular complexity index is 3540. The van der Waals surface area contributed by atoms with Crippen molar-refractivity contribution in [2.45, 2.75) is 0 Å². The van der Waals surface area contributed by atoms with E-state index in [1.807, 2.05) is 0 Å². The molecular weight excluding hydrogens is 699 g/mol. The van der Waals surface area contributed by atoms with Gasteiger partial charge in [-0.15, -0.1) is 11.3 Å². The summed E-state index contributed by atoms with van der Waals surface area (Å²) in [7, 11) is 0. The lowest BCUT2D eigenvalue weighted by atomic mass is 9.99. The zero-order chi connectivity index (χ0) is 36.7. The van der Waals surface area contributed by atoms with Gasteiger partial charge in [0.2, 0.25) is 0 Å². The highest BCUT2D eigenvalue weighted by molar-refractivity contribution is 7.26. The van der Waals surface area contributed by atoms with Crippen molar-refractivity contribution in [1.82, 2.24) is 14.5 Å². The zero-order valence-electron chi connectivity index (χ0n) is 30.1. The van der Waals surface area contributed by atoms with E-state index in [-0.39, 0.29) is 0 Å².